The Morgan fingerprint density at radius 2 is 0.615 bits per heavy atom. The molecule has 0 fully saturated rings. The van der Waals surface area contributed by atoms with Crippen molar-refractivity contribution in [2.24, 2.45) is 0 Å². The zero-order valence-electron chi connectivity index (χ0n) is 35.6. The topological polar surface area (TPSA) is 19.4 Å². The van der Waals surface area contributed by atoms with Crippen LogP contribution in [0.2, 0.25) is 0 Å². The van der Waals surface area contributed by atoms with E-state index in [9.17, 15) is 0 Å². The normalized spacial score (nSPS) is 11.1. The van der Waals surface area contributed by atoms with Crippen molar-refractivity contribution < 1.29 is 0 Å². The largest absolute Gasteiger partial charge is 0.310 e. The van der Waals surface area contributed by atoms with E-state index in [0.29, 0.717) is 0 Å². The van der Waals surface area contributed by atoms with Gasteiger partial charge in [-0.15, -0.1) is 11.3 Å². The van der Waals surface area contributed by atoms with E-state index in [1.165, 1.54) is 38.9 Å². The van der Waals surface area contributed by atoms with Crippen molar-refractivity contribution in [3.63, 3.8) is 0 Å². The third kappa shape index (κ3) is 8.11. The minimum Gasteiger partial charge on any atom is -0.310 e. The SMILES string of the molecule is c1ccc(-c2ccc(N(c3ccc(-c4nc5ccc(N(c6ccc(-c7ccccc7)cc6)c6ccccc6-c6ccccc6)cc5s4)cc3)c3ccccc3-c3ccccc3)cc2)cc1. The van der Waals surface area contributed by atoms with E-state index in [4.69, 9.17) is 4.98 Å². The number of aromatic nitrogens is 1. The van der Waals surface area contributed by atoms with Gasteiger partial charge in [0.25, 0.3) is 0 Å². The van der Waals surface area contributed by atoms with Crippen molar-refractivity contribution in [2.45, 2.75) is 0 Å². The highest BCUT2D eigenvalue weighted by Gasteiger charge is 2.20. The van der Waals surface area contributed by atoms with E-state index in [2.05, 4.69) is 271 Å². The molecule has 3 nitrogen and oxygen atoms in total. The standard InChI is InChI=1S/C61H43N3S/c1-5-17-44(18-6-1)46-29-35-51(36-30-46)63(58-27-15-13-25-55(58)48-21-9-3-10-22-48)52-39-33-50(34-40-52)61-62-57-42-41-54(43-60(57)65-61)64(53-37-31-47(32-38-53)45-19-7-2-8-20-45)59-28-16-14-26-56(59)49-23-11-4-12-24-49/h1-43H. The summed E-state index contributed by atoms with van der Waals surface area (Å²) in [5.41, 5.74) is 18.0. The first-order valence-corrected chi connectivity index (χ1v) is 22.8. The molecule has 0 aliphatic heterocycles. The lowest BCUT2D eigenvalue weighted by atomic mass is 10.0. The highest BCUT2D eigenvalue weighted by atomic mass is 32.1. The first-order valence-electron chi connectivity index (χ1n) is 21.9. The van der Waals surface area contributed by atoms with E-state index < -0.39 is 0 Å². The summed E-state index contributed by atoms with van der Waals surface area (Å²) in [5, 5.41) is 0.982. The van der Waals surface area contributed by atoms with E-state index in [1.54, 1.807) is 11.3 Å². The third-order valence-corrected chi connectivity index (χ3v) is 13.0. The van der Waals surface area contributed by atoms with Gasteiger partial charge in [0.05, 0.1) is 21.6 Å². The Labute approximate surface area is 384 Å². The molecule has 0 spiro atoms. The van der Waals surface area contributed by atoms with Crippen LogP contribution in [0.5, 0.6) is 0 Å². The van der Waals surface area contributed by atoms with Crippen LogP contribution in [0.25, 0.3) is 65.3 Å². The average molecular weight is 850 g/mol. The van der Waals surface area contributed by atoms with Crippen LogP contribution in [0.4, 0.5) is 34.1 Å². The lowest BCUT2D eigenvalue weighted by molar-refractivity contribution is 1.28. The Hall–Kier alpha value is -8.31. The minimum atomic E-state index is 0.977. The van der Waals surface area contributed by atoms with Crippen molar-refractivity contribution in [3.05, 3.63) is 261 Å². The average Bonchev–Trinajstić information content (AvgIpc) is 3.82. The summed E-state index contributed by atoms with van der Waals surface area (Å²) in [6.45, 7) is 0. The van der Waals surface area contributed by atoms with Crippen molar-refractivity contribution in [1.29, 1.82) is 0 Å². The number of anilines is 6. The first-order chi connectivity index (χ1) is 32.2. The van der Waals surface area contributed by atoms with Crippen LogP contribution in [-0.2, 0) is 0 Å². The zero-order valence-corrected chi connectivity index (χ0v) is 36.4. The van der Waals surface area contributed by atoms with Crippen molar-refractivity contribution >= 4 is 55.7 Å². The van der Waals surface area contributed by atoms with Gasteiger partial charge in [-0.1, -0.05) is 182 Å². The number of hydrogen-bond acceptors (Lipinski definition) is 4. The smallest absolute Gasteiger partial charge is 0.124 e. The summed E-state index contributed by atoms with van der Waals surface area (Å²) in [5.74, 6) is 0. The van der Waals surface area contributed by atoms with Crippen molar-refractivity contribution in [1.82, 2.24) is 4.98 Å². The molecule has 0 amide bonds. The summed E-state index contributed by atoms with van der Waals surface area (Å²) in [6, 6.07) is 93.0. The molecule has 65 heavy (non-hydrogen) atoms. The molecule has 0 unspecified atom stereocenters. The van der Waals surface area contributed by atoms with Crippen molar-refractivity contribution in [3.8, 4) is 55.1 Å². The minimum absolute atomic E-state index is 0.977. The van der Waals surface area contributed by atoms with Gasteiger partial charge in [-0.2, -0.15) is 0 Å². The number of thiazole rings is 1. The van der Waals surface area contributed by atoms with Gasteiger partial charge in [-0.3, -0.25) is 0 Å². The highest BCUT2D eigenvalue weighted by molar-refractivity contribution is 7.21. The maximum atomic E-state index is 5.21. The summed E-state index contributed by atoms with van der Waals surface area (Å²) >= 11 is 1.73. The van der Waals surface area contributed by atoms with Gasteiger partial charge >= 0.3 is 0 Å². The van der Waals surface area contributed by atoms with Crippen molar-refractivity contribution in [2.75, 3.05) is 9.80 Å². The predicted octanol–water partition coefficient (Wildman–Crippen LogP) is 17.6. The highest BCUT2D eigenvalue weighted by Crippen LogP contribution is 2.45. The van der Waals surface area contributed by atoms with E-state index in [0.717, 1.165) is 60.5 Å². The fourth-order valence-electron chi connectivity index (χ4n) is 8.71. The van der Waals surface area contributed by atoms with Crippen LogP contribution >= 0.6 is 11.3 Å². The maximum absolute atomic E-state index is 5.21. The molecule has 0 saturated heterocycles. The van der Waals surface area contributed by atoms with Gasteiger partial charge in [0.2, 0.25) is 0 Å². The quantitative estimate of drug-likeness (QED) is 0.129. The number of fused-ring (bicyclic) bond motifs is 1. The number of nitrogens with zero attached hydrogens (tertiary/aromatic N) is 3. The number of rotatable bonds is 11. The number of benzene rings is 10. The van der Waals surface area contributed by atoms with Gasteiger partial charge in [0.1, 0.15) is 5.01 Å². The molecule has 11 aromatic rings. The van der Waals surface area contributed by atoms with Crippen LogP contribution < -0.4 is 9.80 Å². The Morgan fingerprint density at radius 3 is 1.06 bits per heavy atom. The molecule has 0 N–H and O–H groups in total. The molecule has 0 aliphatic carbocycles. The molecule has 0 atom stereocenters. The lowest BCUT2D eigenvalue weighted by Gasteiger charge is -2.28. The predicted molar refractivity (Wildman–Crippen MR) is 276 cm³/mol. The van der Waals surface area contributed by atoms with Crippen LogP contribution in [0.15, 0.2) is 261 Å². The van der Waals surface area contributed by atoms with Gasteiger partial charge in [0, 0.05) is 39.4 Å². The fraction of sp³-hybridized carbons (Fsp3) is 0. The Balaban J connectivity index is 0.965. The fourth-order valence-corrected chi connectivity index (χ4v) is 9.72. The molecular formula is C61H43N3S. The van der Waals surface area contributed by atoms with Crippen LogP contribution in [0, 0.1) is 0 Å². The van der Waals surface area contributed by atoms with Crippen LogP contribution in [0.1, 0.15) is 0 Å². The molecule has 0 bridgehead atoms. The molecule has 0 saturated carbocycles. The molecule has 1 aromatic heterocycles. The van der Waals surface area contributed by atoms with Gasteiger partial charge in [-0.25, -0.2) is 4.98 Å². The maximum Gasteiger partial charge on any atom is 0.124 e. The monoisotopic (exact) mass is 849 g/mol. The van der Waals surface area contributed by atoms with Gasteiger partial charge in [-0.05, 0) is 112 Å². The summed E-state index contributed by atoms with van der Waals surface area (Å²) < 4.78 is 1.13. The van der Waals surface area contributed by atoms with Crippen LogP contribution in [0.3, 0.4) is 0 Å². The number of para-hydroxylation sites is 2. The molecule has 0 aliphatic rings. The second kappa shape index (κ2) is 17.8. The lowest BCUT2D eigenvalue weighted by Crippen LogP contribution is -2.11. The Morgan fingerprint density at radius 1 is 0.277 bits per heavy atom. The number of hydrogen-bond donors (Lipinski definition) is 0. The first kappa shape index (κ1) is 39.5. The molecule has 308 valence electrons. The molecule has 0 radical (unpaired) electrons. The Kier molecular flexibility index (Phi) is 10.8. The summed E-state index contributed by atoms with van der Waals surface area (Å²) in [6.07, 6.45) is 0. The van der Waals surface area contributed by atoms with Crippen LogP contribution in [-0.4, -0.2) is 4.98 Å². The molecule has 11 rings (SSSR count). The van der Waals surface area contributed by atoms with E-state index in [-0.39, 0.29) is 0 Å². The molecule has 10 aromatic carbocycles. The second-order valence-corrected chi connectivity index (χ2v) is 17.0. The zero-order chi connectivity index (χ0) is 43.4. The van der Waals surface area contributed by atoms with E-state index >= 15 is 0 Å². The Bertz CT molecular complexity index is 3330. The van der Waals surface area contributed by atoms with Gasteiger partial charge in [0.15, 0.2) is 0 Å². The van der Waals surface area contributed by atoms with E-state index in [1.807, 2.05) is 0 Å². The molecular weight excluding hydrogens is 807 g/mol. The molecule has 1 heterocycles. The molecule has 4 heteroatoms. The summed E-state index contributed by atoms with van der Waals surface area (Å²) in [4.78, 5) is 9.94. The third-order valence-electron chi connectivity index (χ3n) is 11.9. The van der Waals surface area contributed by atoms with Gasteiger partial charge < -0.3 is 9.80 Å². The second-order valence-electron chi connectivity index (χ2n) is 16.0. The summed E-state index contributed by atoms with van der Waals surface area (Å²) in [7, 11) is 0.